The van der Waals surface area contributed by atoms with Crippen LogP contribution in [0.4, 0.5) is 5.69 Å². The van der Waals surface area contributed by atoms with Crippen molar-refractivity contribution in [3.05, 3.63) is 48.0 Å². The van der Waals surface area contributed by atoms with Crippen molar-refractivity contribution in [3.63, 3.8) is 0 Å². The monoisotopic (exact) mass is 341 g/mol. The van der Waals surface area contributed by atoms with Crippen molar-refractivity contribution >= 4 is 17.6 Å². The van der Waals surface area contributed by atoms with Crippen LogP contribution in [-0.4, -0.2) is 35.1 Å². The average molecular weight is 341 g/mol. The van der Waals surface area contributed by atoms with E-state index < -0.39 is 5.92 Å². The molecule has 6 heteroatoms. The second-order valence-electron chi connectivity index (χ2n) is 6.52. The Balaban J connectivity index is 1.74. The zero-order valence-corrected chi connectivity index (χ0v) is 14.8. The first-order valence-corrected chi connectivity index (χ1v) is 8.51. The van der Waals surface area contributed by atoms with Crippen LogP contribution in [0.3, 0.4) is 0 Å². The van der Waals surface area contributed by atoms with Gasteiger partial charge in [-0.2, -0.15) is 0 Å². The Morgan fingerprint density at radius 1 is 1.32 bits per heavy atom. The number of para-hydroxylation sites is 1. The number of hydrogen-bond acceptors (Lipinski definition) is 4. The normalized spacial score (nSPS) is 16.2. The highest BCUT2D eigenvalue weighted by molar-refractivity contribution is 5.99. The van der Waals surface area contributed by atoms with Crippen LogP contribution < -0.4 is 4.90 Å². The quantitative estimate of drug-likeness (QED) is 0.785. The van der Waals surface area contributed by atoms with E-state index in [1.165, 1.54) is 7.11 Å². The van der Waals surface area contributed by atoms with Gasteiger partial charge >= 0.3 is 5.97 Å². The molecule has 1 amide bonds. The molecule has 1 aromatic heterocycles. The third-order valence-electron chi connectivity index (χ3n) is 4.59. The summed E-state index contributed by atoms with van der Waals surface area (Å²) in [7, 11) is 1.38. The Labute approximate surface area is 147 Å². The van der Waals surface area contributed by atoms with E-state index in [0.29, 0.717) is 25.4 Å². The lowest BCUT2D eigenvalue weighted by Gasteiger charge is -2.18. The molecule has 1 aliphatic rings. The number of rotatable bonds is 5. The standard InChI is InChI=1S/C19H23N3O3/c1-13(2)18-20-9-11-21(18)10-8-17(23)22-12-15(19(24)25-3)14-6-4-5-7-16(14)22/h4-7,9,11,13,15H,8,10,12H2,1-3H3/t15-/m1/s1. The first-order valence-electron chi connectivity index (χ1n) is 8.51. The molecule has 6 nitrogen and oxygen atoms in total. The first-order chi connectivity index (χ1) is 12.0. The second kappa shape index (κ2) is 7.09. The van der Waals surface area contributed by atoms with Crippen LogP contribution in [0, 0.1) is 0 Å². The smallest absolute Gasteiger partial charge is 0.315 e. The Bertz CT molecular complexity index is 782. The Morgan fingerprint density at radius 3 is 2.80 bits per heavy atom. The average Bonchev–Trinajstić information content (AvgIpc) is 3.23. The van der Waals surface area contributed by atoms with E-state index in [-0.39, 0.29) is 11.9 Å². The van der Waals surface area contributed by atoms with E-state index in [0.717, 1.165) is 17.1 Å². The van der Waals surface area contributed by atoms with Crippen LogP contribution in [-0.2, 0) is 20.9 Å². The maximum absolute atomic E-state index is 12.8. The molecular weight excluding hydrogens is 318 g/mol. The van der Waals surface area contributed by atoms with Gasteiger partial charge in [-0.1, -0.05) is 32.0 Å². The molecule has 0 bridgehead atoms. The van der Waals surface area contributed by atoms with Gasteiger partial charge in [0.15, 0.2) is 0 Å². The third kappa shape index (κ3) is 3.29. The molecule has 0 saturated heterocycles. The van der Waals surface area contributed by atoms with Gasteiger partial charge in [0.2, 0.25) is 5.91 Å². The Morgan fingerprint density at radius 2 is 2.08 bits per heavy atom. The van der Waals surface area contributed by atoms with Crippen LogP contribution in [0.1, 0.15) is 43.5 Å². The van der Waals surface area contributed by atoms with Crippen LogP contribution in [0.15, 0.2) is 36.7 Å². The van der Waals surface area contributed by atoms with Crippen LogP contribution in [0.2, 0.25) is 0 Å². The van der Waals surface area contributed by atoms with Gasteiger partial charge in [0.05, 0.1) is 7.11 Å². The first kappa shape index (κ1) is 17.2. The zero-order valence-electron chi connectivity index (χ0n) is 14.8. The summed E-state index contributed by atoms with van der Waals surface area (Å²) in [6.45, 7) is 5.08. The Hall–Kier alpha value is -2.63. The number of carbonyl (C=O) groups excluding carboxylic acids is 2. The number of aromatic nitrogens is 2. The number of esters is 1. The van der Waals surface area contributed by atoms with Gasteiger partial charge in [0.25, 0.3) is 0 Å². The van der Waals surface area contributed by atoms with E-state index in [9.17, 15) is 9.59 Å². The molecule has 0 saturated carbocycles. The minimum atomic E-state index is -0.412. The number of methoxy groups -OCH3 is 1. The summed E-state index contributed by atoms with van der Waals surface area (Å²) >= 11 is 0. The SMILES string of the molecule is COC(=O)[C@@H]1CN(C(=O)CCn2ccnc2C(C)C)c2ccccc21. The highest BCUT2D eigenvalue weighted by Crippen LogP contribution is 2.37. The maximum Gasteiger partial charge on any atom is 0.315 e. The molecule has 0 aliphatic carbocycles. The van der Waals surface area contributed by atoms with E-state index in [1.807, 2.05) is 35.0 Å². The van der Waals surface area contributed by atoms with E-state index in [4.69, 9.17) is 4.74 Å². The fourth-order valence-corrected chi connectivity index (χ4v) is 3.35. The molecule has 3 rings (SSSR count). The number of aryl methyl sites for hydroxylation is 1. The number of hydrogen-bond donors (Lipinski definition) is 0. The van der Waals surface area contributed by atoms with Crippen LogP contribution in [0.25, 0.3) is 0 Å². The van der Waals surface area contributed by atoms with Gasteiger partial charge in [-0.15, -0.1) is 0 Å². The van der Waals surface area contributed by atoms with Gasteiger partial charge in [0, 0.05) is 43.5 Å². The predicted octanol–water partition coefficient (Wildman–Crippen LogP) is 2.70. The summed E-state index contributed by atoms with van der Waals surface area (Å²) < 4.78 is 6.91. The van der Waals surface area contributed by atoms with Gasteiger partial charge in [-0.25, -0.2) is 4.98 Å². The lowest BCUT2D eigenvalue weighted by atomic mass is 10.0. The largest absolute Gasteiger partial charge is 0.468 e. The molecule has 0 N–H and O–H groups in total. The molecule has 25 heavy (non-hydrogen) atoms. The minimum absolute atomic E-state index is 0.00209. The summed E-state index contributed by atoms with van der Waals surface area (Å²) in [6, 6.07) is 7.53. The van der Waals surface area contributed by atoms with Gasteiger partial charge in [-0.05, 0) is 11.6 Å². The summed E-state index contributed by atoms with van der Waals surface area (Å²) in [5.41, 5.74) is 1.66. The van der Waals surface area contributed by atoms with Gasteiger partial charge < -0.3 is 14.2 Å². The highest BCUT2D eigenvalue weighted by atomic mass is 16.5. The molecule has 1 aliphatic heterocycles. The van der Waals surface area contributed by atoms with Crippen LogP contribution in [0.5, 0.6) is 0 Å². The number of benzene rings is 1. The topological polar surface area (TPSA) is 64.4 Å². The fraction of sp³-hybridized carbons (Fsp3) is 0.421. The molecule has 0 radical (unpaired) electrons. The summed E-state index contributed by atoms with van der Waals surface area (Å²) in [5, 5.41) is 0. The number of ether oxygens (including phenoxy) is 1. The lowest BCUT2D eigenvalue weighted by Crippen LogP contribution is -2.32. The maximum atomic E-state index is 12.8. The summed E-state index contributed by atoms with van der Waals surface area (Å²) in [6.07, 6.45) is 4.02. The lowest BCUT2D eigenvalue weighted by molar-refractivity contribution is -0.142. The fourth-order valence-electron chi connectivity index (χ4n) is 3.35. The van der Waals surface area contributed by atoms with Gasteiger partial charge in [-0.3, -0.25) is 9.59 Å². The molecule has 1 aromatic carbocycles. The third-order valence-corrected chi connectivity index (χ3v) is 4.59. The van der Waals surface area contributed by atoms with E-state index >= 15 is 0 Å². The molecule has 1 atom stereocenters. The summed E-state index contributed by atoms with van der Waals surface area (Å²) in [4.78, 5) is 30.9. The number of amides is 1. The minimum Gasteiger partial charge on any atom is -0.468 e. The van der Waals surface area contributed by atoms with Crippen molar-refractivity contribution in [3.8, 4) is 0 Å². The Kier molecular flexibility index (Phi) is 4.88. The van der Waals surface area contributed by atoms with Crippen molar-refractivity contribution in [2.45, 2.75) is 38.6 Å². The summed E-state index contributed by atoms with van der Waals surface area (Å²) in [5.74, 6) is 0.565. The molecule has 0 spiro atoms. The number of carbonyl (C=O) groups is 2. The van der Waals surface area contributed by atoms with E-state index in [1.54, 1.807) is 11.1 Å². The number of fused-ring (bicyclic) bond motifs is 1. The number of imidazole rings is 1. The molecule has 2 heterocycles. The molecule has 0 fully saturated rings. The molecular formula is C19H23N3O3. The van der Waals surface area contributed by atoms with Crippen molar-refractivity contribution < 1.29 is 14.3 Å². The van der Waals surface area contributed by atoms with Crippen molar-refractivity contribution in [2.24, 2.45) is 0 Å². The molecule has 132 valence electrons. The van der Waals surface area contributed by atoms with Gasteiger partial charge in [0.1, 0.15) is 11.7 Å². The van der Waals surface area contributed by atoms with E-state index in [2.05, 4.69) is 18.8 Å². The predicted molar refractivity (Wildman–Crippen MR) is 94.5 cm³/mol. The zero-order chi connectivity index (χ0) is 18.0. The van der Waals surface area contributed by atoms with Crippen molar-refractivity contribution in [2.75, 3.05) is 18.6 Å². The van der Waals surface area contributed by atoms with Crippen molar-refractivity contribution in [1.29, 1.82) is 0 Å². The van der Waals surface area contributed by atoms with Crippen LogP contribution >= 0.6 is 0 Å². The number of nitrogens with zero attached hydrogens (tertiary/aromatic N) is 3. The van der Waals surface area contributed by atoms with Crippen molar-refractivity contribution in [1.82, 2.24) is 9.55 Å². The molecule has 2 aromatic rings. The molecule has 0 unspecified atom stereocenters. The highest BCUT2D eigenvalue weighted by Gasteiger charge is 2.36. The second-order valence-corrected chi connectivity index (χ2v) is 6.52. The number of anilines is 1.